The van der Waals surface area contributed by atoms with Gasteiger partial charge in [-0.25, -0.2) is 9.18 Å². The third-order valence-corrected chi connectivity index (χ3v) is 6.96. The maximum absolute atomic E-state index is 13.5. The smallest absolute Gasteiger partial charge is 0.411 e. The van der Waals surface area contributed by atoms with Crippen LogP contribution in [0.3, 0.4) is 0 Å². The highest BCUT2D eigenvalue weighted by atomic mass is 35.5. The first kappa shape index (κ1) is 28.9. The molecule has 2 heterocycles. The zero-order valence-corrected chi connectivity index (χ0v) is 23.5. The average Bonchev–Trinajstić information content (AvgIpc) is 3.27. The highest BCUT2D eigenvalue weighted by Gasteiger charge is 2.41. The van der Waals surface area contributed by atoms with Crippen molar-refractivity contribution in [2.24, 2.45) is 0 Å². The van der Waals surface area contributed by atoms with E-state index in [9.17, 15) is 23.6 Å². The molecule has 12 heteroatoms. The molecule has 42 heavy (non-hydrogen) atoms. The highest BCUT2D eigenvalue weighted by Crippen LogP contribution is 2.37. The van der Waals surface area contributed by atoms with Crippen molar-refractivity contribution in [3.05, 3.63) is 82.1 Å². The predicted octanol–water partition coefficient (Wildman–Crippen LogP) is 5.57. The topological polar surface area (TPSA) is 123 Å². The van der Waals surface area contributed by atoms with Gasteiger partial charge in [-0.1, -0.05) is 23.7 Å². The van der Waals surface area contributed by atoms with Gasteiger partial charge in [0.25, 0.3) is 5.91 Å². The summed E-state index contributed by atoms with van der Waals surface area (Å²) in [7, 11) is 0. The van der Waals surface area contributed by atoms with E-state index in [1.54, 1.807) is 36.4 Å². The largest absolute Gasteiger partial charge is 0.490 e. The summed E-state index contributed by atoms with van der Waals surface area (Å²) in [5.41, 5.74) is 1.90. The zero-order valence-electron chi connectivity index (χ0n) is 22.7. The molecule has 0 aliphatic carbocycles. The molecule has 3 aromatic rings. The van der Waals surface area contributed by atoms with Gasteiger partial charge in [0.15, 0.2) is 0 Å². The van der Waals surface area contributed by atoms with E-state index in [1.807, 2.05) is 13.8 Å². The number of piperidine rings is 1. The number of anilines is 1. The van der Waals surface area contributed by atoms with E-state index in [0.29, 0.717) is 28.1 Å². The summed E-state index contributed by atoms with van der Waals surface area (Å²) in [6, 6.07) is 12.9. The van der Waals surface area contributed by atoms with Crippen LogP contribution < -0.4 is 20.1 Å². The van der Waals surface area contributed by atoms with Crippen LogP contribution in [0.4, 0.5) is 14.9 Å². The van der Waals surface area contributed by atoms with Crippen molar-refractivity contribution >= 4 is 41.1 Å². The molecule has 1 fully saturated rings. The number of hydrogen-bond acceptors (Lipinski definition) is 7. The van der Waals surface area contributed by atoms with Crippen LogP contribution in [0.2, 0.25) is 5.02 Å². The van der Waals surface area contributed by atoms with Gasteiger partial charge in [0.1, 0.15) is 35.7 Å². The Hall–Kier alpha value is -4.64. The van der Waals surface area contributed by atoms with Crippen LogP contribution in [0, 0.1) is 5.82 Å². The number of imide groups is 1. The molecule has 1 unspecified atom stereocenters. The van der Waals surface area contributed by atoms with E-state index in [4.69, 9.17) is 25.8 Å². The molecule has 3 aromatic carbocycles. The van der Waals surface area contributed by atoms with Crippen molar-refractivity contribution in [3.63, 3.8) is 0 Å². The molecular weight excluding hydrogens is 569 g/mol. The Morgan fingerprint density at radius 1 is 1.12 bits per heavy atom. The quantitative estimate of drug-likeness (QED) is 0.326. The minimum atomic E-state index is -0.760. The van der Waals surface area contributed by atoms with Gasteiger partial charge in [-0.15, -0.1) is 0 Å². The third-order valence-electron chi connectivity index (χ3n) is 6.66. The Labute approximate surface area is 245 Å². The van der Waals surface area contributed by atoms with Crippen LogP contribution in [0.15, 0.2) is 54.6 Å². The van der Waals surface area contributed by atoms with Gasteiger partial charge < -0.3 is 19.1 Å². The molecule has 1 atom stereocenters. The van der Waals surface area contributed by atoms with Crippen molar-refractivity contribution in [1.82, 2.24) is 10.2 Å². The Balaban J connectivity index is 1.24. The van der Waals surface area contributed by atoms with Crippen LogP contribution in [0.1, 0.15) is 48.2 Å². The number of rotatable bonds is 8. The van der Waals surface area contributed by atoms with Crippen molar-refractivity contribution in [3.8, 4) is 17.2 Å². The van der Waals surface area contributed by atoms with Gasteiger partial charge >= 0.3 is 6.09 Å². The molecule has 2 aliphatic heterocycles. The molecule has 2 aliphatic rings. The van der Waals surface area contributed by atoms with Gasteiger partial charge in [0.2, 0.25) is 11.8 Å². The Bertz CT molecular complexity index is 1560. The molecule has 1 saturated heterocycles. The number of carbonyl (C=O) groups is 4. The molecule has 0 aromatic heterocycles. The number of halogens is 2. The van der Waals surface area contributed by atoms with E-state index in [0.717, 1.165) is 6.07 Å². The van der Waals surface area contributed by atoms with Gasteiger partial charge in [0.05, 0.1) is 16.7 Å². The number of nitrogens with zero attached hydrogens (tertiary/aromatic N) is 1. The molecular formula is C30H27ClFN3O7. The fraction of sp³-hybridized carbons (Fsp3) is 0.267. The monoisotopic (exact) mass is 595 g/mol. The minimum Gasteiger partial charge on any atom is -0.490 e. The summed E-state index contributed by atoms with van der Waals surface area (Å²) in [6.07, 6.45) is -0.628. The molecule has 0 spiro atoms. The molecule has 5 rings (SSSR count). The maximum Gasteiger partial charge on any atom is 0.411 e. The Morgan fingerprint density at radius 3 is 2.57 bits per heavy atom. The predicted molar refractivity (Wildman–Crippen MR) is 150 cm³/mol. The Kier molecular flexibility index (Phi) is 8.30. The second-order valence-corrected chi connectivity index (χ2v) is 10.5. The normalized spacial score (nSPS) is 16.3. The molecule has 2 N–H and O–H groups in total. The van der Waals surface area contributed by atoms with Crippen molar-refractivity contribution in [2.45, 2.75) is 52.0 Å². The molecule has 10 nitrogen and oxygen atoms in total. The van der Waals surface area contributed by atoms with Crippen molar-refractivity contribution < 1.29 is 37.8 Å². The molecule has 4 amide bonds. The number of ether oxygens (including phenoxy) is 3. The van der Waals surface area contributed by atoms with E-state index >= 15 is 0 Å². The highest BCUT2D eigenvalue weighted by molar-refractivity contribution is 6.32. The van der Waals surface area contributed by atoms with Crippen LogP contribution in [-0.4, -0.2) is 40.9 Å². The average molecular weight is 596 g/mol. The third kappa shape index (κ3) is 6.31. The fourth-order valence-electron chi connectivity index (χ4n) is 4.74. The van der Waals surface area contributed by atoms with Gasteiger partial charge in [0, 0.05) is 24.2 Å². The standard InChI is InChI=1S/C30H27ClFN3O7/c1-16(2)41-27-18(4-3-17-14-35(29(38)26(17)27)23-10-12-25(36)34-28(23)37)15-40-30(39)33-20-6-8-21(9-7-20)42-24-11-5-19(32)13-22(24)31/h3-9,11,13,16,23H,10,12,14-15H2,1-2H3,(H,33,39)(H,34,36,37). The lowest BCUT2D eigenvalue weighted by Crippen LogP contribution is -2.52. The first-order chi connectivity index (χ1) is 20.1. The number of fused-ring (bicyclic) bond motifs is 1. The summed E-state index contributed by atoms with van der Waals surface area (Å²) in [6.45, 7) is 3.64. The second kappa shape index (κ2) is 12.1. The molecule has 0 bridgehead atoms. The lowest BCUT2D eigenvalue weighted by molar-refractivity contribution is -0.136. The summed E-state index contributed by atoms with van der Waals surface area (Å²) < 4.78 is 30.3. The van der Waals surface area contributed by atoms with Crippen LogP contribution >= 0.6 is 11.6 Å². The van der Waals surface area contributed by atoms with Gasteiger partial charge in [-0.2, -0.15) is 0 Å². The van der Waals surface area contributed by atoms with Crippen LogP contribution in [-0.2, 0) is 27.5 Å². The summed E-state index contributed by atoms with van der Waals surface area (Å²) in [4.78, 5) is 51.5. The lowest BCUT2D eigenvalue weighted by atomic mass is 10.0. The van der Waals surface area contributed by atoms with E-state index < -0.39 is 23.9 Å². The fourth-order valence-corrected chi connectivity index (χ4v) is 4.94. The number of benzene rings is 3. The first-order valence-corrected chi connectivity index (χ1v) is 13.6. The molecule has 218 valence electrons. The zero-order chi connectivity index (χ0) is 30.0. The van der Waals surface area contributed by atoms with E-state index in [2.05, 4.69) is 10.6 Å². The number of carbonyl (C=O) groups excluding carboxylic acids is 4. The van der Waals surface area contributed by atoms with Gasteiger partial charge in [-0.05, 0) is 68.3 Å². The van der Waals surface area contributed by atoms with E-state index in [1.165, 1.54) is 17.0 Å². The van der Waals surface area contributed by atoms with Crippen molar-refractivity contribution in [1.29, 1.82) is 0 Å². The number of amides is 4. The lowest BCUT2D eigenvalue weighted by Gasteiger charge is -2.29. The maximum atomic E-state index is 13.5. The minimum absolute atomic E-state index is 0.124. The summed E-state index contributed by atoms with van der Waals surface area (Å²) >= 11 is 6.00. The summed E-state index contributed by atoms with van der Waals surface area (Å²) in [5.74, 6) is -0.729. The number of nitrogens with one attached hydrogen (secondary N) is 2. The van der Waals surface area contributed by atoms with Crippen LogP contribution in [0.5, 0.6) is 17.2 Å². The van der Waals surface area contributed by atoms with Crippen LogP contribution in [0.25, 0.3) is 0 Å². The second-order valence-electron chi connectivity index (χ2n) is 10.1. The molecule has 0 radical (unpaired) electrons. The first-order valence-electron chi connectivity index (χ1n) is 13.2. The van der Waals surface area contributed by atoms with E-state index in [-0.39, 0.29) is 60.4 Å². The van der Waals surface area contributed by atoms with Gasteiger partial charge in [-0.3, -0.25) is 25.0 Å². The SMILES string of the molecule is CC(C)Oc1c(COC(=O)Nc2ccc(Oc3ccc(F)cc3Cl)cc2)ccc2c1C(=O)N(C1CCC(=O)NC1=O)C2. The molecule has 0 saturated carbocycles. The number of hydrogen-bond donors (Lipinski definition) is 2. The Morgan fingerprint density at radius 2 is 1.88 bits per heavy atom. The van der Waals surface area contributed by atoms with Crippen molar-refractivity contribution in [2.75, 3.05) is 5.32 Å². The summed E-state index contributed by atoms with van der Waals surface area (Å²) in [5, 5.41) is 5.04.